The van der Waals surface area contributed by atoms with Crippen LogP contribution in [0.1, 0.15) is 176 Å². The second kappa shape index (κ2) is 17.0. The highest BCUT2D eigenvalue weighted by Crippen LogP contribution is 2.58. The van der Waals surface area contributed by atoms with E-state index in [-0.39, 0.29) is 22.8 Å². The Bertz CT molecular complexity index is 1670. The first-order chi connectivity index (χ1) is 28.5. The molecule has 8 aliphatic rings. The van der Waals surface area contributed by atoms with E-state index in [0.717, 1.165) is 73.7 Å². The van der Waals surface area contributed by atoms with Gasteiger partial charge in [0, 0.05) is 48.8 Å². The second-order valence-corrected chi connectivity index (χ2v) is 20.9. The molecule has 2 aromatic carbocycles. The summed E-state index contributed by atoms with van der Waals surface area (Å²) in [7, 11) is 0. The number of fused-ring (bicyclic) bond motifs is 2. The van der Waals surface area contributed by atoms with Crippen LogP contribution in [0.5, 0.6) is 11.5 Å². The van der Waals surface area contributed by atoms with E-state index >= 15 is 0 Å². The number of carbonyl (C=O) groups excluding carboxylic acids is 2. The first-order valence-electron chi connectivity index (χ1n) is 24.6. The monoisotopic (exact) mass is 789 g/mol. The zero-order valence-electron chi connectivity index (χ0n) is 35.7. The number of rotatable bonds is 15. The lowest BCUT2D eigenvalue weighted by Gasteiger charge is -2.59. The lowest BCUT2D eigenvalue weighted by molar-refractivity contribution is -0.135. The number of piperidine rings is 2. The molecule has 4 bridgehead atoms. The third-order valence-electron chi connectivity index (χ3n) is 17.8. The Kier molecular flexibility index (Phi) is 11.5. The van der Waals surface area contributed by atoms with Crippen LogP contribution in [0.25, 0.3) is 0 Å². The van der Waals surface area contributed by atoms with Gasteiger partial charge in [0.2, 0.25) is 0 Å². The van der Waals surface area contributed by atoms with Crippen molar-refractivity contribution in [2.24, 2.45) is 23.7 Å². The van der Waals surface area contributed by atoms with Crippen LogP contribution in [-0.2, 0) is 33.3 Å². The fourth-order valence-corrected chi connectivity index (χ4v) is 14.3. The minimum absolute atomic E-state index is 0.0978. The van der Waals surface area contributed by atoms with Gasteiger partial charge in [-0.25, -0.2) is 0 Å². The smallest absolute Gasteiger partial charge is 0.311 e. The highest BCUT2D eigenvalue weighted by atomic mass is 16.5. The summed E-state index contributed by atoms with van der Waals surface area (Å²) in [6.45, 7) is 5.10. The van der Waals surface area contributed by atoms with Crippen molar-refractivity contribution in [3.63, 3.8) is 0 Å². The number of esters is 2. The quantitative estimate of drug-likeness (QED) is 0.102. The molecule has 0 unspecified atom stereocenters. The molecular weight excluding hydrogens is 717 g/mol. The number of benzene rings is 2. The van der Waals surface area contributed by atoms with Crippen LogP contribution in [0.2, 0.25) is 0 Å². The summed E-state index contributed by atoms with van der Waals surface area (Å²) in [5.41, 5.74) is 6.61. The van der Waals surface area contributed by atoms with Gasteiger partial charge in [-0.1, -0.05) is 76.3 Å². The summed E-state index contributed by atoms with van der Waals surface area (Å²) >= 11 is 0. The predicted molar refractivity (Wildman–Crippen MR) is 230 cm³/mol. The average Bonchev–Trinajstić information content (AvgIpc) is 3.20. The number of unbranched alkanes of at least 4 members (excludes halogenated alkanes) is 5. The topological polar surface area (TPSA) is 59.1 Å². The van der Waals surface area contributed by atoms with Gasteiger partial charge in [-0.15, -0.1) is 0 Å². The van der Waals surface area contributed by atoms with Gasteiger partial charge in [-0.05, 0) is 173 Å². The van der Waals surface area contributed by atoms with E-state index in [2.05, 4.69) is 46.2 Å². The van der Waals surface area contributed by atoms with E-state index in [1.807, 2.05) is 0 Å². The molecule has 0 N–H and O–H groups in total. The van der Waals surface area contributed by atoms with Gasteiger partial charge in [-0.2, -0.15) is 0 Å². The molecule has 4 saturated carbocycles. The van der Waals surface area contributed by atoms with E-state index in [1.165, 1.54) is 164 Å². The molecule has 6 heteroatoms. The Balaban J connectivity index is 0.649. The highest BCUT2D eigenvalue weighted by molar-refractivity contribution is 5.73. The first-order valence-corrected chi connectivity index (χ1v) is 24.6. The van der Waals surface area contributed by atoms with E-state index in [4.69, 9.17) is 9.47 Å². The van der Waals surface area contributed by atoms with Crippen LogP contribution in [0.3, 0.4) is 0 Å². The Hall–Kier alpha value is -2.70. The van der Waals surface area contributed by atoms with Gasteiger partial charge >= 0.3 is 11.9 Å². The molecule has 0 aromatic heterocycles. The number of hydrogen-bond acceptors (Lipinski definition) is 6. The maximum Gasteiger partial charge on any atom is 0.311 e. The van der Waals surface area contributed by atoms with Crippen molar-refractivity contribution in [3.05, 3.63) is 58.7 Å². The fraction of sp³-hybridized carbons (Fsp3) is 0.731. The van der Waals surface area contributed by atoms with Gasteiger partial charge in [0.25, 0.3) is 0 Å². The van der Waals surface area contributed by atoms with Crippen LogP contribution < -0.4 is 9.47 Å². The molecule has 6 atom stereocenters. The standard InChI is InChI=1S/C52H72N2O4/c55-49(57-41-23-21-39-31-47-43-17-7-9-25-51(43,45(39)33-41)27-29-53(47)35-37-13-11-14-37)19-5-3-1-2-4-6-20-50(56)58-42-24-22-40-32-48-44-18-8-10-26-52(44,46(40)34-42)28-30-54(48)36-38-15-12-16-38/h21-24,33-34,37-38,43-44,47-48H,1-20,25-32,35-36H2/t43-,44-,47+,48+,51+,52+/m1/s1. The van der Waals surface area contributed by atoms with Crippen molar-refractivity contribution in [1.82, 2.24) is 9.80 Å². The summed E-state index contributed by atoms with van der Waals surface area (Å²) in [4.78, 5) is 31.8. The molecule has 2 heterocycles. The van der Waals surface area contributed by atoms with Gasteiger partial charge in [0.05, 0.1) is 0 Å². The normalized spacial score (nSPS) is 31.8. The molecule has 10 rings (SSSR count). The molecule has 6 aliphatic carbocycles. The molecule has 0 amide bonds. The van der Waals surface area contributed by atoms with Crippen LogP contribution in [-0.4, -0.2) is 60.0 Å². The molecule has 2 aliphatic heterocycles. The van der Waals surface area contributed by atoms with Crippen LogP contribution in [0.15, 0.2) is 36.4 Å². The SMILES string of the molecule is O=C(CCCCCCCCC(=O)Oc1ccc2c(c1)[C@]13CCCC[C@@H]1[C@H](C2)N(CC1CCC1)CC3)Oc1ccc2c(c1)[C@]13CCCC[C@@H]1[C@H](C2)N(CC1CCC1)CC3. The van der Waals surface area contributed by atoms with Crippen LogP contribution in [0, 0.1) is 23.7 Å². The molecule has 6 nitrogen and oxygen atoms in total. The highest BCUT2D eigenvalue weighted by Gasteiger charge is 2.55. The number of nitrogens with zero attached hydrogens (tertiary/aromatic N) is 2. The maximum absolute atomic E-state index is 13.0. The minimum atomic E-state index is -0.0978. The largest absolute Gasteiger partial charge is 0.427 e. The lowest BCUT2D eigenvalue weighted by atomic mass is 9.52. The molecule has 6 fully saturated rings. The summed E-state index contributed by atoms with van der Waals surface area (Å²) in [6.07, 6.45) is 31.0. The molecule has 58 heavy (non-hydrogen) atoms. The van der Waals surface area contributed by atoms with Crippen molar-refractivity contribution in [2.45, 2.75) is 190 Å². The summed E-state index contributed by atoms with van der Waals surface area (Å²) in [5, 5.41) is 0. The van der Waals surface area contributed by atoms with E-state index in [9.17, 15) is 9.59 Å². The zero-order valence-corrected chi connectivity index (χ0v) is 35.7. The van der Waals surface area contributed by atoms with Crippen molar-refractivity contribution in [3.8, 4) is 11.5 Å². The second-order valence-electron chi connectivity index (χ2n) is 20.9. The van der Waals surface area contributed by atoms with Crippen molar-refractivity contribution in [2.75, 3.05) is 26.2 Å². The van der Waals surface area contributed by atoms with E-state index < -0.39 is 0 Å². The number of ether oxygens (including phenoxy) is 2. The third kappa shape index (κ3) is 7.62. The molecule has 0 spiro atoms. The lowest BCUT2D eigenvalue weighted by Crippen LogP contribution is -2.61. The van der Waals surface area contributed by atoms with Gasteiger partial charge in [0.1, 0.15) is 11.5 Å². The van der Waals surface area contributed by atoms with E-state index in [1.54, 1.807) is 0 Å². The summed E-state index contributed by atoms with van der Waals surface area (Å²) in [5.74, 6) is 4.68. The Labute approximate surface area is 349 Å². The minimum Gasteiger partial charge on any atom is -0.427 e. The Morgan fingerprint density at radius 1 is 0.534 bits per heavy atom. The molecule has 2 aromatic rings. The molecular formula is C52H72N2O4. The molecule has 314 valence electrons. The van der Waals surface area contributed by atoms with Gasteiger partial charge < -0.3 is 9.47 Å². The summed E-state index contributed by atoms with van der Waals surface area (Å²) < 4.78 is 12.0. The maximum atomic E-state index is 13.0. The van der Waals surface area contributed by atoms with Gasteiger partial charge in [0.15, 0.2) is 0 Å². The van der Waals surface area contributed by atoms with Crippen molar-refractivity contribution < 1.29 is 19.1 Å². The number of likely N-dealkylation sites (tertiary alicyclic amines) is 2. The number of hydrogen-bond donors (Lipinski definition) is 0. The van der Waals surface area contributed by atoms with Crippen LogP contribution >= 0.6 is 0 Å². The van der Waals surface area contributed by atoms with E-state index in [0.29, 0.717) is 24.9 Å². The average molecular weight is 789 g/mol. The third-order valence-corrected chi connectivity index (χ3v) is 17.8. The Morgan fingerprint density at radius 2 is 0.983 bits per heavy atom. The fourth-order valence-electron chi connectivity index (χ4n) is 14.3. The van der Waals surface area contributed by atoms with Crippen molar-refractivity contribution >= 4 is 11.9 Å². The Morgan fingerprint density at radius 3 is 1.41 bits per heavy atom. The number of carbonyl (C=O) groups is 2. The molecule has 2 saturated heterocycles. The predicted octanol–water partition coefficient (Wildman–Crippen LogP) is 11.0. The van der Waals surface area contributed by atoms with Gasteiger partial charge in [-0.3, -0.25) is 19.4 Å². The first kappa shape index (κ1) is 39.4. The molecule has 0 radical (unpaired) electrons. The van der Waals surface area contributed by atoms with Crippen molar-refractivity contribution in [1.29, 1.82) is 0 Å². The summed E-state index contributed by atoms with van der Waals surface area (Å²) in [6, 6.07) is 14.7. The zero-order chi connectivity index (χ0) is 39.1. The van der Waals surface area contributed by atoms with Crippen LogP contribution in [0.4, 0.5) is 0 Å².